The molecule has 2 aliphatic heterocycles. The van der Waals surface area contributed by atoms with Gasteiger partial charge in [0, 0.05) is 12.1 Å². The summed E-state index contributed by atoms with van der Waals surface area (Å²) in [4.78, 5) is 11.7. The van der Waals surface area contributed by atoms with Crippen molar-refractivity contribution in [2.45, 2.75) is 59.0 Å². The smallest absolute Gasteiger partial charge is 0.310 e. The number of rotatable bonds is 3. The maximum Gasteiger partial charge on any atom is 0.310 e. The molecule has 1 aliphatic carbocycles. The molecule has 1 N–H and O–H groups in total. The topological polar surface area (TPSA) is 38.3 Å². The molecular weight excluding hydrogens is 202 g/mol. The fourth-order valence-corrected chi connectivity index (χ4v) is 2.79. The average molecular weight is 227 g/mol. The van der Waals surface area contributed by atoms with Gasteiger partial charge in [0.2, 0.25) is 0 Å². The minimum absolute atomic E-state index is 0.00926. The van der Waals surface area contributed by atoms with Crippen LogP contribution in [0.5, 0.6) is 0 Å². The molecule has 0 aromatic heterocycles. The summed E-state index contributed by atoms with van der Waals surface area (Å²) < 4.78 is 5.13. The van der Waals surface area contributed by atoms with Crippen LogP contribution in [0.4, 0.5) is 0 Å². The molecule has 3 rings (SSSR count). The van der Waals surface area contributed by atoms with E-state index < -0.39 is 0 Å². The Morgan fingerprint density at radius 1 is 1.31 bits per heavy atom. The Kier molecular flexibility index (Phi) is 5.26. The molecule has 2 heterocycles. The Morgan fingerprint density at radius 2 is 1.94 bits per heavy atom. The number of carbonyl (C=O) groups excluding carboxylic acids is 1. The summed E-state index contributed by atoms with van der Waals surface area (Å²) in [6, 6.07) is 1.03. The molecule has 2 saturated heterocycles. The van der Waals surface area contributed by atoms with Gasteiger partial charge in [-0.3, -0.25) is 4.79 Å². The zero-order valence-electron chi connectivity index (χ0n) is 11.0. The molecule has 2 atom stereocenters. The van der Waals surface area contributed by atoms with E-state index in [1.807, 2.05) is 20.8 Å². The lowest BCUT2D eigenvalue weighted by Gasteiger charge is -2.50. The van der Waals surface area contributed by atoms with E-state index in [1.54, 1.807) is 0 Å². The molecule has 94 valence electrons. The fourth-order valence-electron chi connectivity index (χ4n) is 2.79. The van der Waals surface area contributed by atoms with Gasteiger partial charge in [0.15, 0.2) is 0 Å². The summed E-state index contributed by atoms with van der Waals surface area (Å²) >= 11 is 0. The second-order valence-electron chi connectivity index (χ2n) is 4.39. The minimum Gasteiger partial charge on any atom is -0.466 e. The van der Waals surface area contributed by atoms with Gasteiger partial charge in [-0.15, -0.1) is 0 Å². The molecule has 0 aromatic carbocycles. The van der Waals surface area contributed by atoms with Gasteiger partial charge in [0.05, 0.1) is 12.5 Å². The Balaban J connectivity index is 0.000000606. The normalized spacial score (nSPS) is 35.5. The molecule has 3 fully saturated rings. The third-order valence-electron chi connectivity index (χ3n) is 3.56. The SMILES string of the molecule is CC.CCOC(=O)C1C2CC(C2)NC1CC. The monoisotopic (exact) mass is 227 g/mol. The van der Waals surface area contributed by atoms with Crippen LogP contribution in [0.3, 0.4) is 0 Å². The average Bonchev–Trinajstić information content (AvgIpc) is 2.30. The third kappa shape index (κ3) is 2.57. The van der Waals surface area contributed by atoms with Crippen molar-refractivity contribution in [3.8, 4) is 0 Å². The quantitative estimate of drug-likeness (QED) is 0.752. The van der Waals surface area contributed by atoms with Crippen LogP contribution in [0.2, 0.25) is 0 Å². The highest BCUT2D eigenvalue weighted by molar-refractivity contribution is 5.74. The molecule has 2 unspecified atom stereocenters. The van der Waals surface area contributed by atoms with Crippen molar-refractivity contribution in [2.75, 3.05) is 6.61 Å². The van der Waals surface area contributed by atoms with Crippen LogP contribution in [0.15, 0.2) is 0 Å². The van der Waals surface area contributed by atoms with E-state index in [0.717, 1.165) is 6.42 Å². The van der Waals surface area contributed by atoms with Crippen molar-refractivity contribution in [3.63, 3.8) is 0 Å². The second kappa shape index (κ2) is 6.24. The lowest BCUT2D eigenvalue weighted by atomic mass is 9.65. The first-order chi connectivity index (χ1) is 7.76. The molecule has 0 spiro atoms. The zero-order chi connectivity index (χ0) is 12.1. The third-order valence-corrected chi connectivity index (χ3v) is 3.56. The largest absolute Gasteiger partial charge is 0.466 e. The summed E-state index contributed by atoms with van der Waals surface area (Å²) in [7, 11) is 0. The van der Waals surface area contributed by atoms with Crippen molar-refractivity contribution in [1.82, 2.24) is 5.32 Å². The van der Waals surface area contributed by atoms with Crippen LogP contribution < -0.4 is 5.32 Å². The standard InChI is InChI=1S/C11H19NO2.C2H6/c1-3-9-10(11(13)14-4-2)7-5-8(6-7)12-9;1-2/h7-10,12H,3-6H2,1-2H3;1-2H3. The number of fused-ring (bicyclic) bond motifs is 2. The van der Waals surface area contributed by atoms with Gasteiger partial charge in [-0.2, -0.15) is 0 Å². The number of carbonyl (C=O) groups is 1. The van der Waals surface area contributed by atoms with Gasteiger partial charge in [0.25, 0.3) is 0 Å². The summed E-state index contributed by atoms with van der Waals surface area (Å²) in [6.07, 6.45) is 3.36. The lowest BCUT2D eigenvalue weighted by Crippen LogP contribution is -2.61. The molecule has 0 radical (unpaired) electrons. The van der Waals surface area contributed by atoms with Gasteiger partial charge in [-0.1, -0.05) is 20.8 Å². The van der Waals surface area contributed by atoms with E-state index in [1.165, 1.54) is 12.8 Å². The summed E-state index contributed by atoms with van der Waals surface area (Å²) in [5.41, 5.74) is 0. The van der Waals surface area contributed by atoms with Crippen molar-refractivity contribution in [3.05, 3.63) is 0 Å². The lowest BCUT2D eigenvalue weighted by molar-refractivity contribution is -0.156. The van der Waals surface area contributed by atoms with Crippen molar-refractivity contribution < 1.29 is 9.53 Å². The first kappa shape index (κ1) is 13.5. The number of esters is 1. The second-order valence-corrected chi connectivity index (χ2v) is 4.39. The van der Waals surface area contributed by atoms with Gasteiger partial charge in [0.1, 0.15) is 0 Å². The zero-order valence-corrected chi connectivity index (χ0v) is 11.0. The van der Waals surface area contributed by atoms with Gasteiger partial charge in [-0.05, 0) is 32.1 Å². The minimum atomic E-state index is 0.00926. The fraction of sp³-hybridized carbons (Fsp3) is 0.923. The van der Waals surface area contributed by atoms with E-state index in [2.05, 4.69) is 12.2 Å². The molecule has 0 aromatic rings. The predicted molar refractivity (Wildman–Crippen MR) is 65.2 cm³/mol. The van der Waals surface area contributed by atoms with Crippen molar-refractivity contribution in [2.24, 2.45) is 11.8 Å². The maximum atomic E-state index is 11.7. The predicted octanol–water partition coefficient (Wildman–Crippen LogP) is 2.35. The maximum absolute atomic E-state index is 11.7. The summed E-state index contributed by atoms with van der Waals surface area (Å²) in [6.45, 7) is 8.51. The van der Waals surface area contributed by atoms with Crippen LogP contribution in [0.25, 0.3) is 0 Å². The number of piperidine rings is 2. The van der Waals surface area contributed by atoms with Gasteiger partial charge in [-0.25, -0.2) is 0 Å². The van der Waals surface area contributed by atoms with Crippen LogP contribution in [-0.4, -0.2) is 24.7 Å². The van der Waals surface area contributed by atoms with E-state index in [9.17, 15) is 4.79 Å². The highest BCUT2D eigenvalue weighted by Crippen LogP contribution is 2.42. The van der Waals surface area contributed by atoms with Crippen LogP contribution in [-0.2, 0) is 9.53 Å². The van der Waals surface area contributed by atoms with Crippen LogP contribution in [0.1, 0.15) is 47.0 Å². The van der Waals surface area contributed by atoms with E-state index in [-0.39, 0.29) is 11.9 Å². The molecule has 3 heteroatoms. The van der Waals surface area contributed by atoms with Gasteiger partial charge < -0.3 is 10.1 Å². The van der Waals surface area contributed by atoms with E-state index in [0.29, 0.717) is 24.6 Å². The molecular formula is C13H25NO2. The number of hydrogen-bond donors (Lipinski definition) is 1. The van der Waals surface area contributed by atoms with Crippen LogP contribution in [0, 0.1) is 11.8 Å². The van der Waals surface area contributed by atoms with Crippen molar-refractivity contribution in [1.29, 1.82) is 0 Å². The molecule has 1 saturated carbocycles. The summed E-state index contributed by atoms with van der Waals surface area (Å²) in [5.74, 6) is 0.713. The number of nitrogens with one attached hydrogen (secondary N) is 1. The van der Waals surface area contributed by atoms with E-state index >= 15 is 0 Å². The first-order valence-electron chi connectivity index (χ1n) is 6.69. The van der Waals surface area contributed by atoms with Crippen molar-refractivity contribution >= 4 is 5.97 Å². The number of hydrogen-bond acceptors (Lipinski definition) is 3. The van der Waals surface area contributed by atoms with Crippen LogP contribution >= 0.6 is 0 Å². The Hall–Kier alpha value is -0.570. The molecule has 0 amide bonds. The highest BCUT2D eigenvalue weighted by Gasteiger charge is 2.48. The number of ether oxygens (including phenoxy) is 1. The summed E-state index contributed by atoms with van der Waals surface area (Å²) in [5, 5.41) is 3.52. The molecule has 16 heavy (non-hydrogen) atoms. The Morgan fingerprint density at radius 3 is 2.44 bits per heavy atom. The Bertz CT molecular complexity index is 224. The first-order valence-corrected chi connectivity index (χ1v) is 6.69. The molecule has 3 aliphatic rings. The van der Waals surface area contributed by atoms with Gasteiger partial charge >= 0.3 is 5.97 Å². The van der Waals surface area contributed by atoms with E-state index in [4.69, 9.17) is 4.74 Å². The highest BCUT2D eigenvalue weighted by atomic mass is 16.5. The Labute approximate surface area is 98.9 Å². The molecule has 2 bridgehead atoms. The molecule has 3 nitrogen and oxygen atoms in total.